The molecule has 0 unspecified atom stereocenters. The third kappa shape index (κ3) is 3.04. The Hall–Kier alpha value is -1.95. The smallest absolute Gasteiger partial charge is 0.308 e. The van der Waals surface area contributed by atoms with Crippen molar-refractivity contribution in [3.8, 4) is 0 Å². The van der Waals surface area contributed by atoms with Crippen LogP contribution in [0.25, 0.3) is 0 Å². The van der Waals surface area contributed by atoms with Gasteiger partial charge in [-0.2, -0.15) is 0 Å². The van der Waals surface area contributed by atoms with Crippen LogP contribution in [0.2, 0.25) is 0 Å². The predicted molar refractivity (Wildman–Crippen MR) is 70.6 cm³/mol. The second-order valence-electron chi connectivity index (χ2n) is 3.75. The van der Waals surface area contributed by atoms with E-state index < -0.39 is 11.8 Å². The first-order valence-corrected chi connectivity index (χ1v) is 6.14. The van der Waals surface area contributed by atoms with Crippen LogP contribution in [-0.4, -0.2) is 11.0 Å². The molecular weight excluding hydrogens is 253 g/mol. The zero-order valence-corrected chi connectivity index (χ0v) is 10.8. The van der Waals surface area contributed by atoms with Crippen molar-refractivity contribution in [2.45, 2.75) is 13.8 Å². The van der Waals surface area contributed by atoms with Crippen molar-refractivity contribution in [2.75, 3.05) is 10.6 Å². The normalized spacial score (nSPS) is 10.2. The van der Waals surface area contributed by atoms with Crippen LogP contribution in [-0.2, 0) is 0 Å². The van der Waals surface area contributed by atoms with Gasteiger partial charge in [0.05, 0.1) is 5.69 Å². The number of carbonyl (C=O) groups is 1. The maximum Gasteiger partial charge on any atom is 0.325 e. The Morgan fingerprint density at radius 3 is 2.72 bits per heavy atom. The molecule has 4 nitrogen and oxygen atoms in total. The highest BCUT2D eigenvalue weighted by atomic mass is 32.1. The standard InChI is InChI=1S/C12H12FN3OS/c1-7-8(2)18-12(14-7)16-11(17)15-10-5-3-4-9(13)6-10/h3-6H,1-2H3,(H2,14,15,16,17). The van der Waals surface area contributed by atoms with Gasteiger partial charge in [-0.3, -0.25) is 5.32 Å². The van der Waals surface area contributed by atoms with Gasteiger partial charge in [0.1, 0.15) is 5.82 Å². The van der Waals surface area contributed by atoms with E-state index in [0.717, 1.165) is 10.6 Å². The van der Waals surface area contributed by atoms with E-state index >= 15 is 0 Å². The van der Waals surface area contributed by atoms with Crippen LogP contribution in [0.3, 0.4) is 0 Å². The van der Waals surface area contributed by atoms with Crippen molar-refractivity contribution in [1.82, 2.24) is 4.98 Å². The van der Waals surface area contributed by atoms with Crippen molar-refractivity contribution >= 4 is 28.2 Å². The number of carbonyl (C=O) groups excluding carboxylic acids is 1. The van der Waals surface area contributed by atoms with Gasteiger partial charge in [-0.15, -0.1) is 11.3 Å². The number of amides is 2. The fourth-order valence-electron chi connectivity index (χ4n) is 1.35. The number of halogens is 1. The topological polar surface area (TPSA) is 54.0 Å². The number of rotatable bonds is 2. The number of benzene rings is 1. The summed E-state index contributed by atoms with van der Waals surface area (Å²) in [4.78, 5) is 16.9. The second kappa shape index (κ2) is 5.14. The van der Waals surface area contributed by atoms with Crippen LogP contribution in [0.1, 0.15) is 10.6 Å². The van der Waals surface area contributed by atoms with E-state index in [2.05, 4.69) is 15.6 Å². The van der Waals surface area contributed by atoms with Gasteiger partial charge in [0.2, 0.25) is 0 Å². The van der Waals surface area contributed by atoms with Crippen LogP contribution in [0.5, 0.6) is 0 Å². The molecule has 0 aliphatic carbocycles. The van der Waals surface area contributed by atoms with E-state index in [1.165, 1.54) is 29.5 Å². The monoisotopic (exact) mass is 265 g/mol. The highest BCUT2D eigenvalue weighted by molar-refractivity contribution is 7.15. The average Bonchev–Trinajstić information content (AvgIpc) is 2.57. The number of urea groups is 1. The number of nitrogens with one attached hydrogen (secondary N) is 2. The summed E-state index contributed by atoms with van der Waals surface area (Å²) in [5, 5.41) is 5.67. The van der Waals surface area contributed by atoms with Crippen molar-refractivity contribution in [3.63, 3.8) is 0 Å². The summed E-state index contributed by atoms with van der Waals surface area (Å²) in [7, 11) is 0. The fraction of sp³-hybridized carbons (Fsp3) is 0.167. The summed E-state index contributed by atoms with van der Waals surface area (Å²) in [6.07, 6.45) is 0. The molecule has 2 aromatic rings. The molecule has 6 heteroatoms. The van der Waals surface area contributed by atoms with Gasteiger partial charge in [-0.25, -0.2) is 14.2 Å². The molecule has 2 rings (SSSR count). The maximum absolute atomic E-state index is 12.9. The molecule has 0 aliphatic rings. The fourth-order valence-corrected chi connectivity index (χ4v) is 2.16. The number of nitrogens with zero attached hydrogens (tertiary/aromatic N) is 1. The Labute approximate surface area is 108 Å². The third-order valence-electron chi connectivity index (χ3n) is 2.33. The molecule has 0 saturated heterocycles. The predicted octanol–water partition coefficient (Wildman–Crippen LogP) is 3.54. The summed E-state index contributed by atoms with van der Waals surface area (Å²) >= 11 is 1.40. The number of aryl methyl sites for hydroxylation is 2. The first-order chi connectivity index (χ1) is 8.54. The highest BCUT2D eigenvalue weighted by Gasteiger charge is 2.08. The third-order valence-corrected chi connectivity index (χ3v) is 3.32. The van der Waals surface area contributed by atoms with Crippen LogP contribution in [0.4, 0.5) is 20.0 Å². The van der Waals surface area contributed by atoms with E-state index in [-0.39, 0.29) is 0 Å². The summed E-state index contributed by atoms with van der Waals surface area (Å²) < 4.78 is 12.9. The first kappa shape index (κ1) is 12.5. The lowest BCUT2D eigenvalue weighted by Gasteiger charge is -2.04. The zero-order valence-electron chi connectivity index (χ0n) is 9.95. The Morgan fingerprint density at radius 1 is 1.33 bits per heavy atom. The van der Waals surface area contributed by atoms with E-state index in [1.807, 2.05) is 13.8 Å². The minimum atomic E-state index is -0.436. The van der Waals surface area contributed by atoms with Gasteiger partial charge in [-0.05, 0) is 32.0 Å². The van der Waals surface area contributed by atoms with Crippen LogP contribution in [0.15, 0.2) is 24.3 Å². The van der Waals surface area contributed by atoms with Crippen molar-refractivity contribution < 1.29 is 9.18 Å². The van der Waals surface area contributed by atoms with Gasteiger partial charge in [0, 0.05) is 10.6 Å². The summed E-state index contributed by atoms with van der Waals surface area (Å²) in [6.45, 7) is 3.81. The van der Waals surface area contributed by atoms with Crippen LogP contribution >= 0.6 is 11.3 Å². The number of hydrogen-bond acceptors (Lipinski definition) is 3. The quantitative estimate of drug-likeness (QED) is 0.872. The number of hydrogen-bond donors (Lipinski definition) is 2. The minimum absolute atomic E-state index is 0.395. The van der Waals surface area contributed by atoms with E-state index in [1.54, 1.807) is 6.07 Å². The number of anilines is 2. The lowest BCUT2D eigenvalue weighted by molar-refractivity contribution is 0.262. The van der Waals surface area contributed by atoms with Crippen molar-refractivity contribution in [1.29, 1.82) is 0 Å². The van der Waals surface area contributed by atoms with E-state index in [9.17, 15) is 9.18 Å². The maximum atomic E-state index is 12.9. The largest absolute Gasteiger partial charge is 0.325 e. The molecule has 94 valence electrons. The molecule has 0 radical (unpaired) electrons. The minimum Gasteiger partial charge on any atom is -0.308 e. The number of aromatic nitrogens is 1. The van der Waals surface area contributed by atoms with Gasteiger partial charge in [0.25, 0.3) is 0 Å². The lowest BCUT2D eigenvalue weighted by Crippen LogP contribution is -2.19. The van der Waals surface area contributed by atoms with Gasteiger partial charge >= 0.3 is 6.03 Å². The molecule has 2 amide bonds. The Bertz CT molecular complexity index is 563. The van der Waals surface area contributed by atoms with Crippen molar-refractivity contribution in [3.05, 3.63) is 40.7 Å². The van der Waals surface area contributed by atoms with Gasteiger partial charge in [-0.1, -0.05) is 6.07 Å². The van der Waals surface area contributed by atoms with Crippen molar-refractivity contribution in [2.24, 2.45) is 0 Å². The van der Waals surface area contributed by atoms with Crippen LogP contribution < -0.4 is 10.6 Å². The Balaban J connectivity index is 2.01. The molecule has 18 heavy (non-hydrogen) atoms. The number of thiazole rings is 1. The molecule has 1 aromatic heterocycles. The van der Waals surface area contributed by atoms with Gasteiger partial charge < -0.3 is 5.32 Å². The van der Waals surface area contributed by atoms with Crippen LogP contribution in [0, 0.1) is 19.7 Å². The highest BCUT2D eigenvalue weighted by Crippen LogP contribution is 2.21. The van der Waals surface area contributed by atoms with E-state index in [4.69, 9.17) is 0 Å². The molecule has 0 fully saturated rings. The average molecular weight is 265 g/mol. The summed E-state index contributed by atoms with van der Waals surface area (Å²) in [5.74, 6) is -0.395. The first-order valence-electron chi connectivity index (χ1n) is 5.32. The van der Waals surface area contributed by atoms with E-state index in [0.29, 0.717) is 10.8 Å². The van der Waals surface area contributed by atoms with Gasteiger partial charge in [0.15, 0.2) is 5.13 Å². The molecule has 0 spiro atoms. The molecular formula is C12H12FN3OS. The summed E-state index contributed by atoms with van der Waals surface area (Å²) in [6, 6.07) is 5.27. The zero-order chi connectivity index (χ0) is 13.1. The molecule has 0 atom stereocenters. The molecule has 0 aliphatic heterocycles. The SMILES string of the molecule is Cc1nc(NC(=O)Nc2cccc(F)c2)sc1C. The molecule has 1 aromatic carbocycles. The molecule has 1 heterocycles. The summed E-state index contributed by atoms with van der Waals surface area (Å²) in [5.41, 5.74) is 1.29. The Morgan fingerprint density at radius 2 is 2.11 bits per heavy atom. The lowest BCUT2D eigenvalue weighted by atomic mass is 10.3. The molecule has 0 bridgehead atoms. The molecule has 2 N–H and O–H groups in total. The second-order valence-corrected chi connectivity index (χ2v) is 4.95. The Kier molecular flexibility index (Phi) is 3.57. The molecule has 0 saturated carbocycles.